The molecule has 1 heterocycles. The lowest BCUT2D eigenvalue weighted by Gasteiger charge is -2.12. The van der Waals surface area contributed by atoms with Crippen LogP contribution < -0.4 is 5.32 Å². The SMILES string of the molecule is CC(C(=O)Nc1cc(F)c(Br)cc1F)n1cncn1. The van der Waals surface area contributed by atoms with Gasteiger partial charge in [0, 0.05) is 6.07 Å². The van der Waals surface area contributed by atoms with Gasteiger partial charge in [0.25, 0.3) is 0 Å². The lowest BCUT2D eigenvalue weighted by molar-refractivity contribution is -0.119. The zero-order chi connectivity index (χ0) is 14.0. The fourth-order valence-corrected chi connectivity index (χ4v) is 1.71. The summed E-state index contributed by atoms with van der Waals surface area (Å²) in [6.45, 7) is 1.57. The topological polar surface area (TPSA) is 59.8 Å². The molecule has 1 N–H and O–H groups in total. The Labute approximate surface area is 115 Å². The Bertz CT molecular complexity index is 603. The van der Waals surface area contributed by atoms with Gasteiger partial charge >= 0.3 is 0 Å². The molecule has 0 radical (unpaired) electrons. The molecule has 1 atom stereocenters. The molecule has 0 bridgehead atoms. The number of hydrogen-bond donors (Lipinski definition) is 1. The Hall–Kier alpha value is -1.83. The van der Waals surface area contributed by atoms with E-state index in [0.29, 0.717) is 0 Å². The van der Waals surface area contributed by atoms with Gasteiger partial charge in [0.1, 0.15) is 30.3 Å². The van der Waals surface area contributed by atoms with Gasteiger partial charge in [-0.2, -0.15) is 5.10 Å². The summed E-state index contributed by atoms with van der Waals surface area (Å²) < 4.78 is 28.1. The first-order chi connectivity index (χ1) is 8.99. The van der Waals surface area contributed by atoms with E-state index in [1.54, 1.807) is 6.92 Å². The Morgan fingerprint density at radius 1 is 1.42 bits per heavy atom. The van der Waals surface area contributed by atoms with Crippen LogP contribution in [0.5, 0.6) is 0 Å². The van der Waals surface area contributed by atoms with Gasteiger partial charge in [0.15, 0.2) is 0 Å². The fraction of sp³-hybridized carbons (Fsp3) is 0.182. The fourth-order valence-electron chi connectivity index (χ4n) is 1.39. The van der Waals surface area contributed by atoms with E-state index in [4.69, 9.17) is 0 Å². The molecule has 0 saturated heterocycles. The average molecular weight is 331 g/mol. The second-order valence-corrected chi connectivity index (χ2v) is 4.64. The molecular formula is C11H9BrF2N4O. The lowest BCUT2D eigenvalue weighted by Crippen LogP contribution is -2.24. The first-order valence-electron chi connectivity index (χ1n) is 5.28. The Kier molecular flexibility index (Phi) is 3.89. The van der Waals surface area contributed by atoms with Gasteiger partial charge in [0.2, 0.25) is 5.91 Å². The maximum atomic E-state index is 13.6. The van der Waals surface area contributed by atoms with Crippen molar-refractivity contribution in [1.82, 2.24) is 14.8 Å². The van der Waals surface area contributed by atoms with Crippen LogP contribution in [-0.2, 0) is 4.79 Å². The van der Waals surface area contributed by atoms with E-state index in [2.05, 4.69) is 31.3 Å². The summed E-state index contributed by atoms with van der Waals surface area (Å²) in [7, 11) is 0. The molecular weight excluding hydrogens is 322 g/mol. The third-order valence-corrected chi connectivity index (χ3v) is 3.09. The summed E-state index contributed by atoms with van der Waals surface area (Å²) in [6, 6.07) is 1.17. The summed E-state index contributed by atoms with van der Waals surface area (Å²) in [4.78, 5) is 15.6. The van der Waals surface area contributed by atoms with E-state index in [0.717, 1.165) is 12.1 Å². The molecule has 1 aromatic heterocycles. The predicted molar refractivity (Wildman–Crippen MR) is 67.4 cm³/mol. The normalized spacial score (nSPS) is 12.2. The van der Waals surface area contributed by atoms with Gasteiger partial charge in [0.05, 0.1) is 10.2 Å². The molecule has 1 unspecified atom stereocenters. The quantitative estimate of drug-likeness (QED) is 0.880. The summed E-state index contributed by atoms with van der Waals surface area (Å²) in [5, 5.41) is 6.11. The van der Waals surface area contributed by atoms with Gasteiger partial charge in [-0.15, -0.1) is 0 Å². The molecule has 2 rings (SSSR count). The third kappa shape index (κ3) is 2.95. The minimum Gasteiger partial charge on any atom is -0.322 e. The second kappa shape index (κ2) is 5.43. The molecule has 1 aromatic carbocycles. The van der Waals surface area contributed by atoms with E-state index < -0.39 is 23.6 Å². The summed E-state index contributed by atoms with van der Waals surface area (Å²) in [5.41, 5.74) is -0.224. The highest BCUT2D eigenvalue weighted by atomic mass is 79.9. The first-order valence-corrected chi connectivity index (χ1v) is 6.08. The largest absolute Gasteiger partial charge is 0.322 e. The van der Waals surface area contributed by atoms with Crippen LogP contribution in [0.15, 0.2) is 29.3 Å². The van der Waals surface area contributed by atoms with Gasteiger partial charge in [-0.1, -0.05) is 0 Å². The number of amides is 1. The van der Waals surface area contributed by atoms with Crippen molar-refractivity contribution in [3.8, 4) is 0 Å². The molecule has 0 saturated carbocycles. The minimum atomic E-state index is -0.729. The number of hydrogen-bond acceptors (Lipinski definition) is 3. The molecule has 0 aliphatic rings. The van der Waals surface area contributed by atoms with Crippen molar-refractivity contribution in [1.29, 1.82) is 0 Å². The van der Waals surface area contributed by atoms with E-state index in [9.17, 15) is 13.6 Å². The van der Waals surface area contributed by atoms with Crippen molar-refractivity contribution >= 4 is 27.5 Å². The summed E-state index contributed by atoms with van der Waals surface area (Å²) >= 11 is 2.86. The molecule has 0 aliphatic heterocycles. The molecule has 2 aromatic rings. The van der Waals surface area contributed by atoms with Crippen molar-refractivity contribution < 1.29 is 13.6 Å². The molecule has 1 amide bonds. The van der Waals surface area contributed by atoms with E-state index in [-0.39, 0.29) is 10.2 Å². The van der Waals surface area contributed by atoms with E-state index >= 15 is 0 Å². The summed E-state index contributed by atoms with van der Waals surface area (Å²) in [5.74, 6) is -1.91. The van der Waals surface area contributed by atoms with Crippen molar-refractivity contribution in [2.45, 2.75) is 13.0 Å². The third-order valence-electron chi connectivity index (χ3n) is 2.48. The molecule has 19 heavy (non-hydrogen) atoms. The van der Waals surface area contributed by atoms with Crippen LogP contribution in [0.25, 0.3) is 0 Å². The van der Waals surface area contributed by atoms with Crippen LogP contribution in [0.3, 0.4) is 0 Å². The van der Waals surface area contributed by atoms with Gasteiger partial charge < -0.3 is 5.32 Å². The molecule has 5 nitrogen and oxygen atoms in total. The number of carbonyl (C=O) groups is 1. The van der Waals surface area contributed by atoms with E-state index in [1.165, 1.54) is 17.3 Å². The molecule has 100 valence electrons. The number of nitrogens with zero attached hydrogens (tertiary/aromatic N) is 3. The van der Waals surface area contributed by atoms with Gasteiger partial charge in [-0.3, -0.25) is 4.79 Å². The van der Waals surface area contributed by atoms with Crippen LogP contribution in [0.1, 0.15) is 13.0 Å². The number of carbonyl (C=O) groups excluding carboxylic acids is 1. The molecule has 0 aliphatic carbocycles. The van der Waals surface area contributed by atoms with E-state index in [1.807, 2.05) is 0 Å². The number of aromatic nitrogens is 3. The van der Waals surface area contributed by atoms with Crippen molar-refractivity contribution in [2.24, 2.45) is 0 Å². The highest BCUT2D eigenvalue weighted by Crippen LogP contribution is 2.24. The first kappa shape index (κ1) is 13.6. The maximum Gasteiger partial charge on any atom is 0.249 e. The number of rotatable bonds is 3. The highest BCUT2D eigenvalue weighted by Gasteiger charge is 2.18. The van der Waals surface area contributed by atoms with Crippen LogP contribution in [0.2, 0.25) is 0 Å². The van der Waals surface area contributed by atoms with Gasteiger partial charge in [-0.25, -0.2) is 18.4 Å². The number of anilines is 1. The second-order valence-electron chi connectivity index (χ2n) is 3.79. The van der Waals surface area contributed by atoms with Crippen LogP contribution in [0.4, 0.5) is 14.5 Å². The zero-order valence-corrected chi connectivity index (χ0v) is 11.4. The number of nitrogens with one attached hydrogen (secondary N) is 1. The minimum absolute atomic E-state index is 0.00711. The van der Waals surface area contributed by atoms with Gasteiger partial charge in [-0.05, 0) is 28.9 Å². The zero-order valence-electron chi connectivity index (χ0n) is 9.77. The van der Waals surface area contributed by atoms with Crippen LogP contribution in [-0.4, -0.2) is 20.7 Å². The number of benzene rings is 1. The number of halogens is 3. The predicted octanol–water partition coefficient (Wildman–Crippen LogP) is 2.52. The monoisotopic (exact) mass is 330 g/mol. The maximum absolute atomic E-state index is 13.6. The van der Waals surface area contributed by atoms with Crippen LogP contribution in [0, 0.1) is 11.6 Å². The summed E-state index contributed by atoms with van der Waals surface area (Å²) in [6.07, 6.45) is 2.65. The average Bonchev–Trinajstić information content (AvgIpc) is 2.88. The molecule has 0 spiro atoms. The Morgan fingerprint density at radius 2 is 2.16 bits per heavy atom. The Balaban J connectivity index is 2.17. The lowest BCUT2D eigenvalue weighted by atomic mass is 10.2. The highest BCUT2D eigenvalue weighted by molar-refractivity contribution is 9.10. The Morgan fingerprint density at radius 3 is 2.79 bits per heavy atom. The smallest absolute Gasteiger partial charge is 0.249 e. The van der Waals surface area contributed by atoms with Crippen molar-refractivity contribution in [2.75, 3.05) is 5.32 Å². The standard InChI is InChI=1S/C11H9BrF2N4O/c1-6(18-5-15-4-16-18)11(19)17-10-3-8(13)7(12)2-9(10)14/h2-6H,1H3,(H,17,19). The van der Waals surface area contributed by atoms with Crippen molar-refractivity contribution in [3.05, 3.63) is 40.9 Å². The molecule has 8 heteroatoms. The van der Waals surface area contributed by atoms with Crippen molar-refractivity contribution in [3.63, 3.8) is 0 Å². The van der Waals surface area contributed by atoms with Crippen LogP contribution >= 0.6 is 15.9 Å². The molecule has 0 fully saturated rings.